The standard InChI is InChI=1S/C25H28N2O2/c1-20-7-5-10-23(19-20)27(25(28)24-11-6-18-29-24)22-13-16-26(17-14-22)15-12-21-8-3-2-4-9-21/h2-11,18-19,22H,12-17H2,1H3. The number of anilines is 1. The smallest absolute Gasteiger partial charge is 0.294 e. The van der Waals surface area contributed by atoms with E-state index < -0.39 is 0 Å². The zero-order valence-corrected chi connectivity index (χ0v) is 17.0. The maximum absolute atomic E-state index is 13.2. The van der Waals surface area contributed by atoms with Gasteiger partial charge in [0.05, 0.1) is 6.26 Å². The number of amides is 1. The second kappa shape index (κ2) is 9.10. The van der Waals surface area contributed by atoms with Crippen molar-refractivity contribution in [3.05, 3.63) is 89.9 Å². The van der Waals surface area contributed by atoms with Crippen LogP contribution in [0.5, 0.6) is 0 Å². The van der Waals surface area contributed by atoms with Gasteiger partial charge in [-0.3, -0.25) is 4.79 Å². The summed E-state index contributed by atoms with van der Waals surface area (Å²) in [6.07, 6.45) is 4.57. The number of carbonyl (C=O) groups excluding carboxylic acids is 1. The number of likely N-dealkylation sites (tertiary alicyclic amines) is 1. The third-order valence-electron chi connectivity index (χ3n) is 5.71. The van der Waals surface area contributed by atoms with Crippen molar-refractivity contribution < 1.29 is 9.21 Å². The molecule has 4 nitrogen and oxygen atoms in total. The van der Waals surface area contributed by atoms with E-state index in [9.17, 15) is 4.79 Å². The zero-order chi connectivity index (χ0) is 20.1. The molecule has 150 valence electrons. The minimum absolute atomic E-state index is 0.0525. The van der Waals surface area contributed by atoms with Gasteiger partial charge in [0.15, 0.2) is 5.76 Å². The average molecular weight is 389 g/mol. The molecule has 2 aromatic carbocycles. The molecule has 1 fully saturated rings. The fraction of sp³-hybridized carbons (Fsp3) is 0.320. The van der Waals surface area contributed by atoms with Gasteiger partial charge in [-0.15, -0.1) is 0 Å². The molecule has 1 aromatic heterocycles. The van der Waals surface area contributed by atoms with Gasteiger partial charge >= 0.3 is 0 Å². The summed E-state index contributed by atoms with van der Waals surface area (Å²) in [4.78, 5) is 17.7. The highest BCUT2D eigenvalue weighted by Crippen LogP contribution is 2.27. The lowest BCUT2D eigenvalue weighted by Crippen LogP contribution is -2.48. The van der Waals surface area contributed by atoms with E-state index in [1.165, 1.54) is 5.56 Å². The van der Waals surface area contributed by atoms with Gasteiger partial charge in [0.1, 0.15) is 0 Å². The Hall–Kier alpha value is -2.85. The van der Waals surface area contributed by atoms with Gasteiger partial charge in [-0.2, -0.15) is 0 Å². The monoisotopic (exact) mass is 388 g/mol. The van der Waals surface area contributed by atoms with E-state index in [0.29, 0.717) is 5.76 Å². The van der Waals surface area contributed by atoms with E-state index >= 15 is 0 Å². The molecule has 0 atom stereocenters. The minimum Gasteiger partial charge on any atom is -0.459 e. The third-order valence-corrected chi connectivity index (χ3v) is 5.71. The van der Waals surface area contributed by atoms with E-state index in [1.54, 1.807) is 18.4 Å². The fourth-order valence-corrected chi connectivity index (χ4v) is 4.12. The van der Waals surface area contributed by atoms with Crippen LogP contribution in [-0.4, -0.2) is 36.5 Å². The lowest BCUT2D eigenvalue weighted by molar-refractivity contribution is 0.0933. The Labute approximate surface area is 172 Å². The highest BCUT2D eigenvalue weighted by Gasteiger charge is 2.31. The first kappa shape index (κ1) is 19.5. The van der Waals surface area contributed by atoms with Gasteiger partial charge in [0.2, 0.25) is 0 Å². The largest absolute Gasteiger partial charge is 0.459 e. The minimum atomic E-state index is -0.0525. The van der Waals surface area contributed by atoms with Crippen LogP contribution in [0.4, 0.5) is 5.69 Å². The van der Waals surface area contributed by atoms with Crippen LogP contribution in [0.2, 0.25) is 0 Å². The zero-order valence-electron chi connectivity index (χ0n) is 17.0. The second-order valence-electron chi connectivity index (χ2n) is 7.80. The number of piperidine rings is 1. The Balaban J connectivity index is 1.44. The molecule has 4 heteroatoms. The van der Waals surface area contributed by atoms with Crippen molar-refractivity contribution in [2.75, 3.05) is 24.5 Å². The summed E-state index contributed by atoms with van der Waals surface area (Å²) >= 11 is 0. The van der Waals surface area contributed by atoms with Crippen molar-refractivity contribution in [3.63, 3.8) is 0 Å². The Morgan fingerprint density at radius 1 is 1.03 bits per heavy atom. The van der Waals surface area contributed by atoms with Crippen LogP contribution in [0.1, 0.15) is 34.5 Å². The highest BCUT2D eigenvalue weighted by atomic mass is 16.3. The molecular formula is C25H28N2O2. The predicted octanol–water partition coefficient (Wildman–Crippen LogP) is 4.94. The number of aryl methyl sites for hydroxylation is 1. The van der Waals surface area contributed by atoms with Gasteiger partial charge in [0.25, 0.3) is 5.91 Å². The summed E-state index contributed by atoms with van der Waals surface area (Å²) in [6, 6.07) is 22.5. The average Bonchev–Trinajstić information content (AvgIpc) is 3.29. The van der Waals surface area contributed by atoms with Crippen molar-refractivity contribution in [1.82, 2.24) is 4.90 Å². The second-order valence-corrected chi connectivity index (χ2v) is 7.80. The molecule has 29 heavy (non-hydrogen) atoms. The molecule has 1 saturated heterocycles. The maximum Gasteiger partial charge on any atom is 0.294 e. The van der Waals surface area contributed by atoms with E-state index in [0.717, 1.165) is 50.1 Å². The SMILES string of the molecule is Cc1cccc(N(C(=O)c2ccco2)C2CCN(CCc3ccccc3)CC2)c1. The number of hydrogen-bond donors (Lipinski definition) is 0. The molecule has 3 aromatic rings. The summed E-state index contributed by atoms with van der Waals surface area (Å²) in [5.74, 6) is 0.348. The van der Waals surface area contributed by atoms with Crippen molar-refractivity contribution >= 4 is 11.6 Å². The van der Waals surface area contributed by atoms with Crippen molar-refractivity contribution in [2.45, 2.75) is 32.2 Å². The lowest BCUT2D eigenvalue weighted by atomic mass is 10.0. The van der Waals surface area contributed by atoms with E-state index in [1.807, 2.05) is 17.0 Å². The normalized spacial score (nSPS) is 15.3. The van der Waals surface area contributed by atoms with Crippen molar-refractivity contribution in [2.24, 2.45) is 0 Å². The molecule has 1 aliphatic rings. The molecule has 1 aliphatic heterocycles. The van der Waals surface area contributed by atoms with Crippen LogP contribution in [0.15, 0.2) is 77.4 Å². The van der Waals surface area contributed by atoms with Crippen LogP contribution in [0.25, 0.3) is 0 Å². The van der Waals surface area contributed by atoms with Crippen LogP contribution in [0.3, 0.4) is 0 Å². The fourth-order valence-electron chi connectivity index (χ4n) is 4.12. The summed E-state index contributed by atoms with van der Waals surface area (Å²) in [5.41, 5.74) is 3.48. The molecular weight excluding hydrogens is 360 g/mol. The van der Waals surface area contributed by atoms with Crippen molar-refractivity contribution in [1.29, 1.82) is 0 Å². The summed E-state index contributed by atoms with van der Waals surface area (Å²) in [7, 11) is 0. The molecule has 1 amide bonds. The topological polar surface area (TPSA) is 36.7 Å². The van der Waals surface area contributed by atoms with Gasteiger partial charge in [-0.05, 0) is 61.6 Å². The Bertz CT molecular complexity index is 913. The van der Waals surface area contributed by atoms with Crippen LogP contribution < -0.4 is 4.90 Å². The molecule has 0 spiro atoms. The summed E-state index contributed by atoms with van der Waals surface area (Å²) < 4.78 is 5.43. The Kier molecular flexibility index (Phi) is 6.11. The van der Waals surface area contributed by atoms with Crippen LogP contribution >= 0.6 is 0 Å². The number of rotatable bonds is 6. The molecule has 0 aliphatic carbocycles. The molecule has 0 radical (unpaired) electrons. The Morgan fingerprint density at radius 2 is 1.83 bits per heavy atom. The quantitative estimate of drug-likeness (QED) is 0.600. The van der Waals surface area contributed by atoms with E-state index in [-0.39, 0.29) is 11.9 Å². The number of furan rings is 1. The Morgan fingerprint density at radius 3 is 2.52 bits per heavy atom. The first-order valence-corrected chi connectivity index (χ1v) is 10.4. The van der Waals surface area contributed by atoms with E-state index in [4.69, 9.17) is 4.42 Å². The number of benzene rings is 2. The maximum atomic E-state index is 13.2. The van der Waals surface area contributed by atoms with Crippen LogP contribution in [0, 0.1) is 6.92 Å². The lowest BCUT2D eigenvalue weighted by Gasteiger charge is -2.38. The highest BCUT2D eigenvalue weighted by molar-refractivity contribution is 6.04. The number of nitrogens with zero attached hydrogens (tertiary/aromatic N) is 2. The molecule has 0 N–H and O–H groups in total. The van der Waals surface area contributed by atoms with Gasteiger partial charge in [0, 0.05) is 31.4 Å². The van der Waals surface area contributed by atoms with Gasteiger partial charge in [-0.1, -0.05) is 42.5 Å². The van der Waals surface area contributed by atoms with Crippen LogP contribution in [-0.2, 0) is 6.42 Å². The van der Waals surface area contributed by atoms with E-state index in [2.05, 4.69) is 54.3 Å². The van der Waals surface area contributed by atoms with Gasteiger partial charge < -0.3 is 14.2 Å². The summed E-state index contributed by atoms with van der Waals surface area (Å²) in [5, 5.41) is 0. The first-order chi connectivity index (χ1) is 14.2. The molecule has 0 saturated carbocycles. The molecule has 0 unspecified atom stereocenters. The van der Waals surface area contributed by atoms with Crippen molar-refractivity contribution in [3.8, 4) is 0 Å². The first-order valence-electron chi connectivity index (χ1n) is 10.4. The van der Waals surface area contributed by atoms with Gasteiger partial charge in [-0.25, -0.2) is 0 Å². The third kappa shape index (κ3) is 4.77. The number of carbonyl (C=O) groups is 1. The molecule has 2 heterocycles. The molecule has 0 bridgehead atoms. The predicted molar refractivity (Wildman–Crippen MR) is 116 cm³/mol. The summed E-state index contributed by atoms with van der Waals surface area (Å²) in [6.45, 7) is 5.13. The molecule has 4 rings (SSSR count). The number of hydrogen-bond acceptors (Lipinski definition) is 3.